The Labute approximate surface area is 215 Å². The van der Waals surface area contributed by atoms with Gasteiger partial charge >= 0.3 is 0 Å². The van der Waals surface area contributed by atoms with Crippen LogP contribution in [-0.2, 0) is 9.59 Å². The fourth-order valence-electron chi connectivity index (χ4n) is 5.65. The lowest BCUT2D eigenvalue weighted by atomic mass is 9.86. The van der Waals surface area contributed by atoms with Crippen molar-refractivity contribution in [2.75, 3.05) is 16.9 Å². The topological polar surface area (TPSA) is 66.9 Å². The van der Waals surface area contributed by atoms with E-state index < -0.39 is 35.6 Å². The van der Waals surface area contributed by atoms with Crippen molar-refractivity contribution in [2.24, 2.45) is 11.8 Å². The molecule has 8 heteroatoms. The van der Waals surface area contributed by atoms with E-state index in [-0.39, 0.29) is 11.7 Å². The molecule has 0 spiro atoms. The van der Waals surface area contributed by atoms with Crippen molar-refractivity contribution in [1.29, 1.82) is 0 Å². The first-order valence-corrected chi connectivity index (χ1v) is 12.3. The molecule has 3 heterocycles. The number of rotatable bonds is 4. The van der Waals surface area contributed by atoms with Crippen LogP contribution in [0.25, 0.3) is 6.08 Å². The third-order valence-electron chi connectivity index (χ3n) is 7.20. The Morgan fingerprint density at radius 2 is 1.69 bits per heavy atom. The summed E-state index contributed by atoms with van der Waals surface area (Å²) < 4.78 is 19.5. The fraction of sp³-hybridized carbons (Fsp3) is 0.179. The molecular weight excluding hydrogens is 527 g/mol. The largest absolute Gasteiger partial charge is 0.496 e. The molecule has 0 saturated carbocycles. The molecule has 0 N–H and O–H groups in total. The number of nitrogens with zero attached hydrogens (tertiary/aromatic N) is 2. The summed E-state index contributed by atoms with van der Waals surface area (Å²) in [5.41, 5.74) is 2.42. The number of benzene rings is 3. The molecule has 36 heavy (non-hydrogen) atoms. The van der Waals surface area contributed by atoms with Gasteiger partial charge in [-0.1, -0.05) is 30.4 Å². The Balaban J connectivity index is 1.48. The van der Waals surface area contributed by atoms with Crippen LogP contribution in [0.15, 0.2) is 77.3 Å². The minimum atomic E-state index is -0.895. The number of halogens is 2. The molecule has 6 rings (SSSR count). The Bertz CT molecular complexity index is 1450. The number of carbonyl (C=O) groups excluding carboxylic acids is 3. The number of Topliss-reactive ketones (excluding diaryl/α,β-unsaturated/α-hetero) is 1. The van der Waals surface area contributed by atoms with Crippen LogP contribution in [0.1, 0.15) is 15.9 Å². The molecule has 0 radical (unpaired) electrons. The SMILES string of the molecule is COc1ccc(C(=O)[C@@H]2[C@@H]3C(=O)N(c4ccc(F)cc4)C(=O)[C@@H]3[C@@H]3C=Cc4ccccc4N23)cc1Br. The van der Waals surface area contributed by atoms with Gasteiger partial charge in [0.15, 0.2) is 5.78 Å². The number of para-hydroxylation sites is 1. The lowest BCUT2D eigenvalue weighted by Gasteiger charge is -2.36. The molecule has 0 bridgehead atoms. The molecular formula is C28H20BrFN2O4. The zero-order valence-electron chi connectivity index (χ0n) is 19.1. The molecule has 2 saturated heterocycles. The minimum absolute atomic E-state index is 0.261. The highest BCUT2D eigenvalue weighted by atomic mass is 79.9. The van der Waals surface area contributed by atoms with E-state index >= 15 is 0 Å². The van der Waals surface area contributed by atoms with Gasteiger partial charge in [-0.2, -0.15) is 0 Å². The standard InChI is InChI=1S/C28H20BrFN2O4/c1-36-22-13-7-16(14-19(22)29)26(33)25-24-23(21-12-6-15-4-2-3-5-20(15)32(21)25)27(34)31(28(24)35)18-10-8-17(30)9-11-18/h2-14,21,23-25H,1H3/t21-,23+,24+,25-/m0/s1. The maximum Gasteiger partial charge on any atom is 0.240 e. The lowest BCUT2D eigenvalue weighted by molar-refractivity contribution is -0.122. The molecule has 3 aliphatic heterocycles. The van der Waals surface area contributed by atoms with E-state index in [1.54, 1.807) is 18.2 Å². The second-order valence-corrected chi connectivity index (χ2v) is 9.87. The first-order valence-electron chi connectivity index (χ1n) is 11.5. The molecule has 2 fully saturated rings. The second-order valence-electron chi connectivity index (χ2n) is 9.01. The van der Waals surface area contributed by atoms with E-state index in [9.17, 15) is 18.8 Å². The number of anilines is 2. The van der Waals surface area contributed by atoms with E-state index in [1.165, 1.54) is 31.4 Å². The van der Waals surface area contributed by atoms with E-state index in [4.69, 9.17) is 4.74 Å². The van der Waals surface area contributed by atoms with Gasteiger partial charge in [0.25, 0.3) is 0 Å². The molecule has 2 amide bonds. The van der Waals surface area contributed by atoms with Crippen LogP contribution >= 0.6 is 15.9 Å². The molecule has 3 aromatic rings. The van der Waals surface area contributed by atoms with Crippen LogP contribution in [-0.4, -0.2) is 36.8 Å². The quantitative estimate of drug-likeness (QED) is 0.345. The zero-order chi connectivity index (χ0) is 25.1. The highest BCUT2D eigenvalue weighted by molar-refractivity contribution is 9.10. The van der Waals surface area contributed by atoms with Gasteiger partial charge < -0.3 is 9.64 Å². The predicted molar refractivity (Wildman–Crippen MR) is 136 cm³/mol. The van der Waals surface area contributed by atoms with Crippen LogP contribution in [0, 0.1) is 17.7 Å². The fourth-order valence-corrected chi connectivity index (χ4v) is 6.19. The molecule has 0 aliphatic carbocycles. The number of methoxy groups -OCH3 is 1. The summed E-state index contributed by atoms with van der Waals surface area (Å²) >= 11 is 3.44. The van der Waals surface area contributed by atoms with Crippen molar-refractivity contribution in [3.8, 4) is 5.75 Å². The number of imide groups is 1. The highest BCUT2D eigenvalue weighted by Gasteiger charge is 2.64. The Morgan fingerprint density at radius 3 is 2.42 bits per heavy atom. The highest BCUT2D eigenvalue weighted by Crippen LogP contribution is 2.50. The van der Waals surface area contributed by atoms with Crippen molar-refractivity contribution < 1.29 is 23.5 Å². The zero-order valence-corrected chi connectivity index (χ0v) is 20.7. The molecule has 3 aliphatic rings. The first kappa shape index (κ1) is 22.7. The number of amides is 2. The van der Waals surface area contributed by atoms with Crippen molar-refractivity contribution in [3.63, 3.8) is 0 Å². The normalized spacial score (nSPS) is 24.0. The van der Waals surface area contributed by atoms with Crippen molar-refractivity contribution in [3.05, 3.63) is 94.2 Å². The third kappa shape index (κ3) is 3.24. The molecule has 0 aromatic heterocycles. The van der Waals surface area contributed by atoms with E-state index in [2.05, 4.69) is 15.9 Å². The maximum absolute atomic E-state index is 14.1. The van der Waals surface area contributed by atoms with Gasteiger partial charge in [-0.3, -0.25) is 14.4 Å². The summed E-state index contributed by atoms with van der Waals surface area (Å²) in [6.07, 6.45) is 3.83. The number of ketones is 1. The lowest BCUT2D eigenvalue weighted by Crippen LogP contribution is -2.48. The average molecular weight is 547 g/mol. The van der Waals surface area contributed by atoms with Crippen molar-refractivity contribution in [1.82, 2.24) is 0 Å². The molecule has 0 unspecified atom stereocenters. The molecule has 3 aromatic carbocycles. The second kappa shape index (κ2) is 8.41. The molecule has 4 atom stereocenters. The minimum Gasteiger partial charge on any atom is -0.496 e. The van der Waals surface area contributed by atoms with E-state index in [1.807, 2.05) is 41.3 Å². The summed E-state index contributed by atoms with van der Waals surface area (Å²) in [6, 6.07) is 16.5. The summed E-state index contributed by atoms with van der Waals surface area (Å²) in [5.74, 6) is -2.63. The number of ether oxygens (including phenoxy) is 1. The van der Waals surface area contributed by atoms with Crippen LogP contribution in [0.2, 0.25) is 0 Å². The smallest absolute Gasteiger partial charge is 0.240 e. The Kier molecular flexibility index (Phi) is 5.30. The molecule has 180 valence electrons. The van der Waals surface area contributed by atoms with Gasteiger partial charge in [0.1, 0.15) is 17.6 Å². The Morgan fingerprint density at radius 1 is 0.972 bits per heavy atom. The summed E-state index contributed by atoms with van der Waals surface area (Å²) in [7, 11) is 1.54. The van der Waals surface area contributed by atoms with Crippen LogP contribution in [0.4, 0.5) is 15.8 Å². The predicted octanol–water partition coefficient (Wildman–Crippen LogP) is 4.87. The van der Waals surface area contributed by atoms with Gasteiger partial charge in [-0.05, 0) is 70.0 Å². The van der Waals surface area contributed by atoms with Gasteiger partial charge in [0.2, 0.25) is 11.8 Å². The van der Waals surface area contributed by atoms with Crippen LogP contribution in [0.5, 0.6) is 5.75 Å². The van der Waals surface area contributed by atoms with Crippen molar-refractivity contribution in [2.45, 2.75) is 12.1 Å². The van der Waals surface area contributed by atoms with Gasteiger partial charge in [0, 0.05) is 11.3 Å². The summed E-state index contributed by atoms with van der Waals surface area (Å²) in [6.45, 7) is 0. The van der Waals surface area contributed by atoms with Crippen LogP contribution < -0.4 is 14.5 Å². The van der Waals surface area contributed by atoms with Gasteiger partial charge in [-0.15, -0.1) is 0 Å². The average Bonchev–Trinajstić information content (AvgIpc) is 3.37. The third-order valence-corrected chi connectivity index (χ3v) is 7.82. The van der Waals surface area contributed by atoms with Gasteiger partial charge in [-0.25, -0.2) is 9.29 Å². The van der Waals surface area contributed by atoms with Crippen molar-refractivity contribution >= 4 is 51.0 Å². The monoisotopic (exact) mass is 546 g/mol. The number of carbonyl (C=O) groups is 3. The number of fused-ring (bicyclic) bond motifs is 5. The van der Waals surface area contributed by atoms with Gasteiger partial charge in [0.05, 0.1) is 35.1 Å². The van der Waals surface area contributed by atoms with Crippen LogP contribution in [0.3, 0.4) is 0 Å². The molecule has 6 nitrogen and oxygen atoms in total. The maximum atomic E-state index is 14.1. The van der Waals surface area contributed by atoms with E-state index in [0.717, 1.165) is 16.2 Å². The Hall–Kier alpha value is -3.78. The summed E-state index contributed by atoms with van der Waals surface area (Å²) in [4.78, 5) is 44.6. The summed E-state index contributed by atoms with van der Waals surface area (Å²) in [5, 5.41) is 0. The first-order chi connectivity index (χ1) is 17.4. The van der Waals surface area contributed by atoms with E-state index in [0.29, 0.717) is 21.5 Å². The number of hydrogen-bond donors (Lipinski definition) is 0. The number of hydrogen-bond acceptors (Lipinski definition) is 5.